The lowest BCUT2D eigenvalue weighted by Crippen LogP contribution is -2.48. The van der Waals surface area contributed by atoms with E-state index in [0.29, 0.717) is 6.61 Å². The first-order chi connectivity index (χ1) is 10.7. The van der Waals surface area contributed by atoms with Gasteiger partial charge in [-0.05, 0) is 24.8 Å². The van der Waals surface area contributed by atoms with Crippen LogP contribution < -0.4 is 10.6 Å². The van der Waals surface area contributed by atoms with Gasteiger partial charge in [0.25, 0.3) is 0 Å². The summed E-state index contributed by atoms with van der Waals surface area (Å²) in [5, 5.41) is 5.96. The van der Waals surface area contributed by atoms with E-state index >= 15 is 0 Å². The zero-order valence-electron chi connectivity index (χ0n) is 12.6. The van der Waals surface area contributed by atoms with Crippen molar-refractivity contribution in [3.63, 3.8) is 0 Å². The summed E-state index contributed by atoms with van der Waals surface area (Å²) >= 11 is 0. The Balaban J connectivity index is 1.49. The third kappa shape index (κ3) is 3.84. The lowest BCUT2D eigenvalue weighted by atomic mass is 10.1. The van der Waals surface area contributed by atoms with E-state index in [0.717, 1.165) is 24.8 Å². The van der Waals surface area contributed by atoms with Gasteiger partial charge in [-0.15, -0.1) is 0 Å². The van der Waals surface area contributed by atoms with Gasteiger partial charge in [-0.1, -0.05) is 30.3 Å². The number of carbonyl (C=O) groups excluding carboxylic acids is 1. The molecule has 1 aromatic carbocycles. The lowest BCUT2D eigenvalue weighted by molar-refractivity contribution is -0.124. The maximum Gasteiger partial charge on any atom is 0.237 e. The topological polar surface area (TPSA) is 50.4 Å². The molecule has 1 heterocycles. The minimum Gasteiger partial charge on any atom is -0.371 e. The van der Waals surface area contributed by atoms with Gasteiger partial charge in [0.05, 0.1) is 24.8 Å². The highest BCUT2D eigenvalue weighted by Crippen LogP contribution is 2.24. The van der Waals surface area contributed by atoms with E-state index in [-0.39, 0.29) is 31.0 Å². The van der Waals surface area contributed by atoms with E-state index in [2.05, 4.69) is 10.6 Å². The predicted molar refractivity (Wildman–Crippen MR) is 82.1 cm³/mol. The minimum atomic E-state index is -0.913. The lowest BCUT2D eigenvalue weighted by Gasteiger charge is -2.23. The Kier molecular flexibility index (Phi) is 5.05. The molecule has 0 spiro atoms. The van der Waals surface area contributed by atoms with E-state index in [9.17, 15) is 9.18 Å². The summed E-state index contributed by atoms with van der Waals surface area (Å²) < 4.78 is 19.1. The zero-order valence-corrected chi connectivity index (χ0v) is 12.6. The molecule has 2 unspecified atom stereocenters. The molecule has 1 aromatic rings. The fourth-order valence-electron chi connectivity index (χ4n) is 3.24. The number of hydrogen-bond acceptors (Lipinski definition) is 3. The molecule has 1 aliphatic carbocycles. The van der Waals surface area contributed by atoms with Gasteiger partial charge in [0, 0.05) is 13.0 Å². The van der Waals surface area contributed by atoms with Crippen molar-refractivity contribution in [1.29, 1.82) is 0 Å². The molecule has 0 radical (unpaired) electrons. The summed E-state index contributed by atoms with van der Waals surface area (Å²) in [6.07, 6.45) is 2.34. The molecule has 4 atom stereocenters. The van der Waals surface area contributed by atoms with E-state index in [1.165, 1.54) is 0 Å². The minimum absolute atomic E-state index is 0.0386. The highest BCUT2D eigenvalue weighted by Gasteiger charge is 2.34. The number of hydrogen-bond donors (Lipinski definition) is 2. The van der Waals surface area contributed by atoms with Gasteiger partial charge in [0.2, 0.25) is 5.91 Å². The van der Waals surface area contributed by atoms with Crippen molar-refractivity contribution in [3.05, 3.63) is 35.9 Å². The first-order valence-corrected chi connectivity index (χ1v) is 8.06. The van der Waals surface area contributed by atoms with Crippen LogP contribution in [0.25, 0.3) is 0 Å². The normalized spacial score (nSPS) is 31.3. The molecule has 1 aliphatic heterocycles. The van der Waals surface area contributed by atoms with Crippen LogP contribution in [0.4, 0.5) is 4.39 Å². The van der Waals surface area contributed by atoms with Gasteiger partial charge >= 0.3 is 0 Å². The number of amides is 1. The molecule has 2 N–H and O–H groups in total. The molecule has 4 nitrogen and oxygen atoms in total. The number of nitrogens with one attached hydrogen (secondary N) is 2. The van der Waals surface area contributed by atoms with Crippen molar-refractivity contribution in [3.8, 4) is 0 Å². The van der Waals surface area contributed by atoms with Gasteiger partial charge in [0.15, 0.2) is 0 Å². The van der Waals surface area contributed by atoms with Crippen LogP contribution in [0.1, 0.15) is 31.2 Å². The monoisotopic (exact) mass is 306 g/mol. The Morgan fingerprint density at radius 1 is 1.32 bits per heavy atom. The Morgan fingerprint density at radius 2 is 2.14 bits per heavy atom. The Labute approximate surface area is 130 Å². The van der Waals surface area contributed by atoms with Crippen LogP contribution in [0, 0.1) is 0 Å². The molecular weight excluding hydrogens is 283 g/mol. The largest absolute Gasteiger partial charge is 0.371 e. The van der Waals surface area contributed by atoms with Gasteiger partial charge in [-0.3, -0.25) is 4.79 Å². The second kappa shape index (κ2) is 7.20. The van der Waals surface area contributed by atoms with Crippen LogP contribution in [0.15, 0.2) is 30.3 Å². The summed E-state index contributed by atoms with van der Waals surface area (Å²) in [6.45, 7) is 0.836. The Hall–Kier alpha value is -1.46. The molecular formula is C17H23FN2O2. The molecule has 0 aromatic heterocycles. The van der Waals surface area contributed by atoms with E-state index in [4.69, 9.17) is 4.74 Å². The summed E-state index contributed by atoms with van der Waals surface area (Å²) in [6, 6.07) is 9.67. The Morgan fingerprint density at radius 3 is 2.86 bits per heavy atom. The summed E-state index contributed by atoms with van der Waals surface area (Å²) in [4.78, 5) is 12.2. The first-order valence-electron chi connectivity index (χ1n) is 8.06. The molecule has 1 saturated carbocycles. The van der Waals surface area contributed by atoms with E-state index in [1.54, 1.807) is 0 Å². The van der Waals surface area contributed by atoms with Crippen molar-refractivity contribution in [2.24, 2.45) is 0 Å². The number of ether oxygens (including phenoxy) is 1. The fourth-order valence-corrected chi connectivity index (χ4v) is 3.24. The van der Waals surface area contributed by atoms with Crippen molar-refractivity contribution in [2.45, 2.75) is 56.6 Å². The SMILES string of the molecule is O=C(N[C@H]1CCC[C@@H]1OCc1ccccc1)C1CC(F)CN1. The second-order valence-electron chi connectivity index (χ2n) is 6.17. The van der Waals surface area contributed by atoms with Gasteiger partial charge in [-0.2, -0.15) is 0 Å². The molecule has 3 rings (SSSR count). The van der Waals surface area contributed by atoms with Crippen LogP contribution in [-0.4, -0.2) is 36.8 Å². The molecule has 2 fully saturated rings. The van der Waals surface area contributed by atoms with Crippen LogP contribution >= 0.6 is 0 Å². The van der Waals surface area contributed by atoms with Crippen molar-refractivity contribution < 1.29 is 13.9 Å². The van der Waals surface area contributed by atoms with Crippen LogP contribution in [0.2, 0.25) is 0 Å². The van der Waals surface area contributed by atoms with Crippen molar-refractivity contribution in [1.82, 2.24) is 10.6 Å². The molecule has 1 amide bonds. The summed E-state index contributed by atoms with van der Waals surface area (Å²) in [5.41, 5.74) is 1.14. The number of halogens is 1. The fraction of sp³-hybridized carbons (Fsp3) is 0.588. The van der Waals surface area contributed by atoms with Gasteiger partial charge in [0.1, 0.15) is 6.17 Å². The standard InChI is InChI=1S/C17H23FN2O2/c18-13-9-15(19-10-13)17(21)20-14-7-4-8-16(14)22-11-12-5-2-1-3-6-12/h1-3,5-6,13-16,19H,4,7-11H2,(H,20,21)/t13?,14-,15?,16-/m0/s1. The molecule has 120 valence electrons. The maximum absolute atomic E-state index is 13.2. The highest BCUT2D eigenvalue weighted by molar-refractivity contribution is 5.82. The van der Waals surface area contributed by atoms with Gasteiger partial charge in [-0.25, -0.2) is 4.39 Å². The number of alkyl halides is 1. The molecule has 5 heteroatoms. The highest BCUT2D eigenvalue weighted by atomic mass is 19.1. The average molecular weight is 306 g/mol. The van der Waals surface area contributed by atoms with E-state index in [1.807, 2.05) is 30.3 Å². The van der Waals surface area contributed by atoms with Crippen LogP contribution in [0.5, 0.6) is 0 Å². The summed E-state index contributed by atoms with van der Waals surface area (Å²) in [5.74, 6) is -0.0969. The number of rotatable bonds is 5. The maximum atomic E-state index is 13.2. The van der Waals surface area contributed by atoms with Gasteiger partial charge < -0.3 is 15.4 Å². The molecule has 0 bridgehead atoms. The summed E-state index contributed by atoms with van der Waals surface area (Å²) in [7, 11) is 0. The molecule has 1 saturated heterocycles. The average Bonchev–Trinajstić information content (AvgIpc) is 3.15. The third-order valence-electron chi connectivity index (χ3n) is 4.48. The Bertz CT molecular complexity index is 497. The van der Waals surface area contributed by atoms with Crippen molar-refractivity contribution in [2.75, 3.05) is 6.54 Å². The first kappa shape index (κ1) is 15.4. The van der Waals surface area contributed by atoms with Crippen LogP contribution in [0.3, 0.4) is 0 Å². The predicted octanol–water partition coefficient (Wildman–Crippen LogP) is 1.94. The number of benzene rings is 1. The second-order valence-corrected chi connectivity index (χ2v) is 6.17. The van der Waals surface area contributed by atoms with E-state index < -0.39 is 12.2 Å². The molecule has 22 heavy (non-hydrogen) atoms. The van der Waals surface area contributed by atoms with Crippen molar-refractivity contribution >= 4 is 5.91 Å². The smallest absolute Gasteiger partial charge is 0.237 e. The number of carbonyl (C=O) groups is 1. The quantitative estimate of drug-likeness (QED) is 0.874. The zero-order chi connectivity index (χ0) is 15.4. The van der Waals surface area contributed by atoms with Crippen LogP contribution in [-0.2, 0) is 16.1 Å². The molecule has 2 aliphatic rings. The third-order valence-corrected chi connectivity index (χ3v) is 4.48.